The fourth-order valence-corrected chi connectivity index (χ4v) is 2.61. The van der Waals surface area contributed by atoms with Crippen LogP contribution in [-0.4, -0.2) is 21.3 Å². The van der Waals surface area contributed by atoms with Crippen LogP contribution in [0.1, 0.15) is 11.1 Å². The van der Waals surface area contributed by atoms with E-state index < -0.39 is 10.1 Å². The Balaban J connectivity index is 2.47. The summed E-state index contributed by atoms with van der Waals surface area (Å²) < 4.78 is 33.3. The average Bonchev–Trinajstić information content (AvgIpc) is 2.14. The van der Waals surface area contributed by atoms with Crippen molar-refractivity contribution in [2.45, 2.75) is 13.0 Å². The zero-order valence-corrected chi connectivity index (χ0v) is 11.1. The van der Waals surface area contributed by atoms with Crippen molar-refractivity contribution < 1.29 is 17.3 Å². The lowest BCUT2D eigenvalue weighted by molar-refractivity contribution is 0.109. The second-order valence-corrected chi connectivity index (χ2v) is 6.12. The van der Waals surface area contributed by atoms with E-state index in [1.807, 2.05) is 6.07 Å². The van der Waals surface area contributed by atoms with Crippen LogP contribution in [0.15, 0.2) is 16.6 Å². The van der Waals surface area contributed by atoms with Gasteiger partial charge in [0.1, 0.15) is 5.75 Å². The molecule has 0 N–H and O–H groups in total. The highest BCUT2D eigenvalue weighted by atomic mass is 79.9. The number of rotatable bonds is 2. The molecule has 0 bridgehead atoms. The second kappa shape index (κ2) is 4.35. The summed E-state index contributed by atoms with van der Waals surface area (Å²) in [4.78, 5) is 0. The lowest BCUT2D eigenvalue weighted by atomic mass is 10.0. The smallest absolute Gasteiger partial charge is 0.306 e. The van der Waals surface area contributed by atoms with Crippen molar-refractivity contribution in [1.29, 1.82) is 0 Å². The van der Waals surface area contributed by atoms with Crippen LogP contribution >= 0.6 is 15.9 Å². The number of benzene rings is 1. The van der Waals surface area contributed by atoms with Crippen molar-refractivity contribution >= 4 is 26.0 Å². The van der Waals surface area contributed by atoms with E-state index in [1.54, 1.807) is 6.07 Å². The number of fused-ring (bicyclic) bond motifs is 1. The number of hydrogen-bond acceptors (Lipinski definition) is 4. The topological polar surface area (TPSA) is 52.6 Å². The maximum Gasteiger partial charge on any atom is 0.306 e. The van der Waals surface area contributed by atoms with Crippen LogP contribution in [-0.2, 0) is 27.9 Å². The van der Waals surface area contributed by atoms with Gasteiger partial charge in [0.05, 0.1) is 19.5 Å². The predicted octanol–water partition coefficient (Wildman–Crippen LogP) is 1.86. The molecule has 0 spiro atoms. The molecular weight excluding hydrogens is 296 g/mol. The van der Waals surface area contributed by atoms with Crippen molar-refractivity contribution in [2.75, 3.05) is 12.9 Å². The highest BCUT2D eigenvalue weighted by Crippen LogP contribution is 2.31. The first-order valence-electron chi connectivity index (χ1n) is 4.74. The van der Waals surface area contributed by atoms with Gasteiger partial charge in [-0.15, -0.1) is 0 Å². The molecule has 1 heterocycles. The molecule has 0 aliphatic carbocycles. The maximum absolute atomic E-state index is 11.1. The Bertz CT molecular complexity index is 510. The first-order valence-corrected chi connectivity index (χ1v) is 7.35. The molecule has 0 atom stereocenters. The molecule has 16 heavy (non-hydrogen) atoms. The van der Waals surface area contributed by atoms with E-state index in [0.29, 0.717) is 19.0 Å². The van der Waals surface area contributed by atoms with Gasteiger partial charge < -0.3 is 8.92 Å². The molecule has 0 saturated carbocycles. The SMILES string of the molecule is CS(=O)(=O)Oc1cc(Br)cc2c1COCC2. The van der Waals surface area contributed by atoms with Crippen LogP contribution in [0.5, 0.6) is 5.75 Å². The molecule has 0 saturated heterocycles. The Morgan fingerprint density at radius 3 is 2.88 bits per heavy atom. The molecule has 6 heteroatoms. The van der Waals surface area contributed by atoms with E-state index in [0.717, 1.165) is 28.3 Å². The molecule has 88 valence electrons. The zero-order valence-electron chi connectivity index (χ0n) is 8.70. The largest absolute Gasteiger partial charge is 0.382 e. The predicted molar refractivity (Wildman–Crippen MR) is 63.0 cm³/mol. The van der Waals surface area contributed by atoms with Crippen molar-refractivity contribution in [3.8, 4) is 5.75 Å². The first kappa shape index (κ1) is 11.9. The zero-order chi connectivity index (χ0) is 11.8. The number of ether oxygens (including phenoxy) is 1. The minimum absolute atomic E-state index is 0.353. The second-order valence-electron chi connectivity index (χ2n) is 3.63. The highest BCUT2D eigenvalue weighted by Gasteiger charge is 2.18. The van der Waals surface area contributed by atoms with Crippen LogP contribution in [0.4, 0.5) is 0 Å². The van der Waals surface area contributed by atoms with Crippen molar-refractivity contribution in [3.05, 3.63) is 27.7 Å². The van der Waals surface area contributed by atoms with E-state index in [9.17, 15) is 8.42 Å². The van der Waals surface area contributed by atoms with Gasteiger partial charge in [0.15, 0.2) is 0 Å². The number of hydrogen-bond donors (Lipinski definition) is 0. The molecule has 1 aliphatic heterocycles. The summed E-state index contributed by atoms with van der Waals surface area (Å²) in [5, 5.41) is 0. The summed E-state index contributed by atoms with van der Waals surface area (Å²) in [6.45, 7) is 1.05. The van der Waals surface area contributed by atoms with E-state index in [-0.39, 0.29) is 0 Å². The summed E-state index contributed by atoms with van der Waals surface area (Å²) in [7, 11) is -3.50. The Morgan fingerprint density at radius 2 is 2.19 bits per heavy atom. The summed E-state index contributed by atoms with van der Waals surface area (Å²) >= 11 is 3.33. The molecule has 0 aromatic heterocycles. The molecule has 1 aliphatic rings. The molecule has 1 aromatic carbocycles. The summed E-state index contributed by atoms with van der Waals surface area (Å²) in [6.07, 6.45) is 1.80. The van der Waals surface area contributed by atoms with Gasteiger partial charge in [-0.1, -0.05) is 15.9 Å². The third-order valence-electron chi connectivity index (χ3n) is 2.27. The molecule has 0 fully saturated rings. The fraction of sp³-hybridized carbons (Fsp3) is 0.400. The van der Waals surface area contributed by atoms with Gasteiger partial charge in [-0.2, -0.15) is 8.42 Å². The van der Waals surface area contributed by atoms with Crippen LogP contribution in [0.3, 0.4) is 0 Å². The summed E-state index contributed by atoms with van der Waals surface area (Å²) in [5.41, 5.74) is 1.89. The van der Waals surface area contributed by atoms with Gasteiger partial charge in [-0.05, 0) is 24.1 Å². The van der Waals surface area contributed by atoms with Crippen LogP contribution in [0.2, 0.25) is 0 Å². The van der Waals surface area contributed by atoms with E-state index in [2.05, 4.69) is 15.9 Å². The van der Waals surface area contributed by atoms with Crippen molar-refractivity contribution in [1.82, 2.24) is 0 Å². The molecule has 1 aromatic rings. The quantitative estimate of drug-likeness (QED) is 0.783. The molecule has 0 radical (unpaired) electrons. The fourth-order valence-electron chi connectivity index (χ4n) is 1.65. The Labute approximate surface area is 103 Å². The number of halogens is 1. The minimum Gasteiger partial charge on any atom is -0.382 e. The molecular formula is C10H11BrO4S. The lowest BCUT2D eigenvalue weighted by Gasteiger charge is -2.19. The monoisotopic (exact) mass is 306 g/mol. The van der Waals surface area contributed by atoms with Gasteiger partial charge in [0, 0.05) is 10.0 Å². The van der Waals surface area contributed by atoms with Gasteiger partial charge in [-0.25, -0.2) is 0 Å². The maximum atomic E-state index is 11.1. The lowest BCUT2D eigenvalue weighted by Crippen LogP contribution is -2.14. The third kappa shape index (κ3) is 2.75. The van der Waals surface area contributed by atoms with E-state index in [4.69, 9.17) is 8.92 Å². The molecule has 0 amide bonds. The highest BCUT2D eigenvalue weighted by molar-refractivity contribution is 9.10. The minimum atomic E-state index is -3.50. The van der Waals surface area contributed by atoms with Crippen molar-refractivity contribution in [2.24, 2.45) is 0 Å². The van der Waals surface area contributed by atoms with Gasteiger partial charge in [-0.3, -0.25) is 0 Å². The summed E-state index contributed by atoms with van der Waals surface area (Å²) in [6, 6.07) is 3.61. The van der Waals surface area contributed by atoms with Gasteiger partial charge in [0.25, 0.3) is 0 Å². The van der Waals surface area contributed by atoms with Crippen LogP contribution in [0, 0.1) is 0 Å². The third-order valence-corrected chi connectivity index (χ3v) is 3.21. The summed E-state index contributed by atoms with van der Waals surface area (Å²) in [5.74, 6) is 0.353. The molecule has 4 nitrogen and oxygen atoms in total. The Kier molecular flexibility index (Phi) is 3.23. The molecule has 2 rings (SSSR count). The Hall–Kier alpha value is -0.590. The van der Waals surface area contributed by atoms with Gasteiger partial charge >= 0.3 is 10.1 Å². The van der Waals surface area contributed by atoms with E-state index >= 15 is 0 Å². The standard InChI is InChI=1S/C10H11BrO4S/c1-16(12,13)15-10-5-8(11)4-7-2-3-14-6-9(7)10/h4-5H,2-3,6H2,1H3. The van der Waals surface area contributed by atoms with Crippen molar-refractivity contribution in [3.63, 3.8) is 0 Å². The average molecular weight is 307 g/mol. The van der Waals surface area contributed by atoms with Crippen LogP contribution < -0.4 is 4.18 Å². The van der Waals surface area contributed by atoms with E-state index in [1.165, 1.54) is 0 Å². The first-order chi connectivity index (χ1) is 7.46. The normalized spacial score (nSPS) is 15.6. The van der Waals surface area contributed by atoms with Crippen LogP contribution in [0.25, 0.3) is 0 Å². The van der Waals surface area contributed by atoms with Gasteiger partial charge in [0.2, 0.25) is 0 Å². The Morgan fingerprint density at radius 1 is 1.44 bits per heavy atom. The molecule has 0 unspecified atom stereocenters.